The monoisotopic (exact) mass is 406 g/mol. The number of piperidine rings is 1. The van der Waals surface area contributed by atoms with E-state index < -0.39 is 0 Å². The molecule has 1 aliphatic rings. The third-order valence-corrected chi connectivity index (χ3v) is 5.86. The van der Waals surface area contributed by atoms with E-state index in [1.165, 1.54) is 10.9 Å². The Morgan fingerprint density at radius 1 is 1.23 bits per heavy atom. The summed E-state index contributed by atoms with van der Waals surface area (Å²) in [7, 11) is 0. The predicted molar refractivity (Wildman–Crippen MR) is 119 cm³/mol. The van der Waals surface area contributed by atoms with Crippen LogP contribution < -0.4 is 10.6 Å². The van der Waals surface area contributed by atoms with Gasteiger partial charge in [-0.3, -0.25) is 4.98 Å². The first-order valence-corrected chi connectivity index (χ1v) is 10.8. The Labute approximate surface area is 177 Å². The van der Waals surface area contributed by atoms with Gasteiger partial charge in [-0.1, -0.05) is 13.0 Å². The number of alkyl carbamates (subject to hydrolysis) is 1. The fourth-order valence-corrected chi connectivity index (χ4v) is 4.19. The van der Waals surface area contributed by atoms with E-state index in [0.29, 0.717) is 19.1 Å². The van der Waals surface area contributed by atoms with Crippen LogP contribution in [-0.2, 0) is 17.7 Å². The van der Waals surface area contributed by atoms with Gasteiger partial charge in [0.25, 0.3) is 0 Å². The van der Waals surface area contributed by atoms with Crippen LogP contribution in [0.1, 0.15) is 36.6 Å². The Kier molecular flexibility index (Phi) is 6.33. The normalized spacial score (nSPS) is 14.7. The lowest BCUT2D eigenvalue weighted by atomic mass is 9.99. The second kappa shape index (κ2) is 9.30. The molecule has 4 rings (SSSR count). The van der Waals surface area contributed by atoms with E-state index in [1.54, 1.807) is 0 Å². The largest absolute Gasteiger partial charge is 0.449 e. The number of fused-ring (bicyclic) bond motifs is 1. The van der Waals surface area contributed by atoms with Gasteiger partial charge in [0.2, 0.25) is 0 Å². The zero-order chi connectivity index (χ0) is 20.9. The summed E-state index contributed by atoms with van der Waals surface area (Å²) in [6, 6.07) is 10.4. The van der Waals surface area contributed by atoms with Crippen LogP contribution in [0.2, 0.25) is 0 Å². The first kappa shape index (κ1) is 20.4. The van der Waals surface area contributed by atoms with Gasteiger partial charge in [0.15, 0.2) is 0 Å². The highest BCUT2D eigenvalue weighted by atomic mass is 16.5. The zero-order valence-corrected chi connectivity index (χ0v) is 17.8. The minimum Gasteiger partial charge on any atom is -0.449 e. The molecule has 1 aromatic carbocycles. The molecule has 2 aromatic heterocycles. The summed E-state index contributed by atoms with van der Waals surface area (Å²) < 4.78 is 5.42. The number of hydrogen-bond donors (Lipinski definition) is 3. The topological polar surface area (TPSA) is 79.0 Å². The molecule has 6 nitrogen and oxygen atoms in total. The summed E-state index contributed by atoms with van der Waals surface area (Å²) in [5.74, 6) is 0.468. The van der Waals surface area contributed by atoms with E-state index in [4.69, 9.17) is 4.74 Å². The van der Waals surface area contributed by atoms with E-state index in [1.807, 2.05) is 25.3 Å². The van der Waals surface area contributed by atoms with Crippen molar-refractivity contribution in [3.05, 3.63) is 53.3 Å². The van der Waals surface area contributed by atoms with E-state index >= 15 is 0 Å². The van der Waals surface area contributed by atoms with Gasteiger partial charge in [-0.25, -0.2) is 4.79 Å². The molecule has 0 spiro atoms. The summed E-state index contributed by atoms with van der Waals surface area (Å²) in [6.07, 6.45) is 4.56. The summed E-state index contributed by atoms with van der Waals surface area (Å²) in [4.78, 5) is 20.0. The van der Waals surface area contributed by atoms with E-state index in [9.17, 15) is 4.79 Å². The number of rotatable bonds is 6. The molecule has 0 saturated carbocycles. The van der Waals surface area contributed by atoms with Crippen molar-refractivity contribution in [3.8, 4) is 11.3 Å². The highest BCUT2D eigenvalue weighted by Crippen LogP contribution is 2.31. The highest BCUT2D eigenvalue weighted by molar-refractivity contribution is 5.91. The number of nitrogens with one attached hydrogen (secondary N) is 3. The van der Waals surface area contributed by atoms with Gasteiger partial charge >= 0.3 is 6.09 Å². The SMILES string of the molecule is CCc1c(-c2ccnc(C)c2)[nH]c2ccc(CNC(=O)OCC3CCNCC3)cc12. The fraction of sp³-hybridized carbons (Fsp3) is 0.417. The van der Waals surface area contributed by atoms with Gasteiger partial charge in [-0.05, 0) is 80.6 Å². The zero-order valence-electron chi connectivity index (χ0n) is 17.8. The van der Waals surface area contributed by atoms with Crippen molar-refractivity contribution in [2.75, 3.05) is 19.7 Å². The number of carbonyl (C=O) groups is 1. The molecule has 1 saturated heterocycles. The molecule has 3 heterocycles. The summed E-state index contributed by atoms with van der Waals surface area (Å²) in [5.41, 5.74) is 6.74. The van der Waals surface area contributed by atoms with Crippen LogP contribution in [0.25, 0.3) is 22.2 Å². The van der Waals surface area contributed by atoms with Crippen molar-refractivity contribution in [1.29, 1.82) is 0 Å². The van der Waals surface area contributed by atoms with Crippen LogP contribution in [0.5, 0.6) is 0 Å². The van der Waals surface area contributed by atoms with Crippen LogP contribution >= 0.6 is 0 Å². The average Bonchev–Trinajstić information content (AvgIpc) is 3.15. The molecule has 0 radical (unpaired) electrons. The van der Waals surface area contributed by atoms with Gasteiger partial charge in [0, 0.05) is 40.6 Å². The quantitative estimate of drug-likeness (QED) is 0.569. The lowest BCUT2D eigenvalue weighted by Gasteiger charge is -2.22. The Morgan fingerprint density at radius 3 is 2.83 bits per heavy atom. The van der Waals surface area contributed by atoms with Gasteiger partial charge in [-0.15, -0.1) is 0 Å². The number of carbonyl (C=O) groups excluding carboxylic acids is 1. The predicted octanol–water partition coefficient (Wildman–Crippen LogP) is 4.33. The number of aromatic nitrogens is 2. The smallest absolute Gasteiger partial charge is 0.407 e. The second-order valence-electron chi connectivity index (χ2n) is 8.04. The highest BCUT2D eigenvalue weighted by Gasteiger charge is 2.16. The van der Waals surface area contributed by atoms with Crippen LogP contribution in [0.4, 0.5) is 4.79 Å². The van der Waals surface area contributed by atoms with Crippen LogP contribution in [0.3, 0.4) is 0 Å². The first-order chi connectivity index (χ1) is 14.6. The number of pyridine rings is 1. The van der Waals surface area contributed by atoms with Crippen molar-refractivity contribution in [2.45, 2.75) is 39.7 Å². The molecular formula is C24H30N4O2. The fourth-order valence-electron chi connectivity index (χ4n) is 4.19. The standard InChI is InChI=1S/C24H30N4O2/c1-3-20-21-13-18(14-27-24(29)30-15-17-6-9-25-10-7-17)4-5-22(21)28-23(20)19-8-11-26-16(2)12-19/h4-5,8,11-13,17,25,28H,3,6-7,9-10,14-15H2,1-2H3,(H,27,29). The Bertz CT molecular complexity index is 1020. The summed E-state index contributed by atoms with van der Waals surface area (Å²) in [6.45, 7) is 7.15. The number of ether oxygens (including phenoxy) is 1. The van der Waals surface area contributed by atoms with Crippen molar-refractivity contribution in [1.82, 2.24) is 20.6 Å². The van der Waals surface area contributed by atoms with Gasteiger partial charge in [0.05, 0.1) is 6.61 Å². The molecule has 3 aromatic rings. The number of benzene rings is 1. The molecule has 30 heavy (non-hydrogen) atoms. The van der Waals surface area contributed by atoms with Crippen molar-refractivity contribution < 1.29 is 9.53 Å². The third kappa shape index (κ3) is 4.65. The number of aryl methyl sites for hydroxylation is 2. The molecule has 0 bridgehead atoms. The number of hydrogen-bond acceptors (Lipinski definition) is 4. The minimum absolute atomic E-state index is 0.341. The Morgan fingerprint density at radius 2 is 2.07 bits per heavy atom. The summed E-state index contributed by atoms with van der Waals surface area (Å²) >= 11 is 0. The summed E-state index contributed by atoms with van der Waals surface area (Å²) in [5, 5.41) is 7.42. The lowest BCUT2D eigenvalue weighted by molar-refractivity contribution is 0.117. The average molecular weight is 407 g/mol. The molecule has 1 aliphatic heterocycles. The Hall–Kier alpha value is -2.86. The number of nitrogens with zero attached hydrogens (tertiary/aromatic N) is 1. The van der Waals surface area contributed by atoms with Crippen LogP contribution in [-0.4, -0.2) is 35.8 Å². The van der Waals surface area contributed by atoms with Gasteiger partial charge < -0.3 is 20.4 Å². The van der Waals surface area contributed by atoms with E-state index in [-0.39, 0.29) is 6.09 Å². The van der Waals surface area contributed by atoms with E-state index in [2.05, 4.69) is 45.7 Å². The molecule has 1 amide bonds. The van der Waals surface area contributed by atoms with Gasteiger partial charge in [0.1, 0.15) is 0 Å². The third-order valence-electron chi connectivity index (χ3n) is 5.86. The molecule has 6 heteroatoms. The van der Waals surface area contributed by atoms with E-state index in [0.717, 1.165) is 60.4 Å². The Balaban J connectivity index is 1.44. The maximum atomic E-state index is 12.1. The van der Waals surface area contributed by atoms with Crippen LogP contribution in [0.15, 0.2) is 36.5 Å². The lowest BCUT2D eigenvalue weighted by Crippen LogP contribution is -2.32. The molecule has 0 aliphatic carbocycles. The molecule has 0 atom stereocenters. The molecule has 0 unspecified atom stereocenters. The molecule has 1 fully saturated rings. The second-order valence-corrected chi connectivity index (χ2v) is 8.04. The minimum atomic E-state index is -0.341. The molecule has 158 valence electrons. The van der Waals surface area contributed by atoms with Crippen LogP contribution in [0, 0.1) is 12.8 Å². The van der Waals surface area contributed by atoms with Crippen molar-refractivity contribution in [2.24, 2.45) is 5.92 Å². The number of amides is 1. The number of aromatic amines is 1. The maximum absolute atomic E-state index is 12.1. The first-order valence-electron chi connectivity index (χ1n) is 10.8. The van der Waals surface area contributed by atoms with Crippen molar-refractivity contribution in [3.63, 3.8) is 0 Å². The van der Waals surface area contributed by atoms with Crippen molar-refractivity contribution >= 4 is 17.0 Å². The van der Waals surface area contributed by atoms with Gasteiger partial charge in [-0.2, -0.15) is 0 Å². The maximum Gasteiger partial charge on any atom is 0.407 e. The molecule has 3 N–H and O–H groups in total. The number of H-pyrrole nitrogens is 1. The molecular weight excluding hydrogens is 376 g/mol.